The quantitative estimate of drug-likeness (QED) is 0.565. The number of carbonyl (C=O) groups is 2. The molecular formula is C25H26N2O4. The van der Waals surface area contributed by atoms with E-state index in [-0.39, 0.29) is 17.1 Å². The minimum atomic E-state index is -0.999. The molecule has 2 aromatic rings. The lowest BCUT2D eigenvalue weighted by atomic mass is 9.70. The predicted octanol–water partition coefficient (Wildman–Crippen LogP) is 5.43. The Labute approximate surface area is 181 Å². The second-order valence-electron chi connectivity index (χ2n) is 9.22. The van der Waals surface area contributed by atoms with Crippen LogP contribution in [-0.2, 0) is 0 Å². The van der Waals surface area contributed by atoms with Crippen LogP contribution in [0.1, 0.15) is 43.0 Å². The van der Waals surface area contributed by atoms with Gasteiger partial charge in [0.15, 0.2) is 0 Å². The van der Waals surface area contributed by atoms with Crippen LogP contribution in [0.2, 0.25) is 0 Å². The van der Waals surface area contributed by atoms with Gasteiger partial charge in [0.2, 0.25) is 0 Å². The summed E-state index contributed by atoms with van der Waals surface area (Å²) in [5.74, 6) is 1.91. The molecule has 160 valence electrons. The van der Waals surface area contributed by atoms with Crippen molar-refractivity contribution in [2.24, 2.45) is 17.8 Å². The molecule has 0 saturated heterocycles. The minimum Gasteiger partial charge on any atom is -0.478 e. The second-order valence-corrected chi connectivity index (χ2v) is 9.22. The summed E-state index contributed by atoms with van der Waals surface area (Å²) >= 11 is 0. The van der Waals surface area contributed by atoms with Crippen molar-refractivity contribution in [1.29, 1.82) is 0 Å². The highest BCUT2D eigenvalue weighted by Gasteiger charge is 2.54. The van der Waals surface area contributed by atoms with Gasteiger partial charge in [-0.2, -0.15) is 0 Å². The summed E-state index contributed by atoms with van der Waals surface area (Å²) in [5.41, 5.74) is 2.35. The van der Waals surface area contributed by atoms with Crippen LogP contribution in [0.25, 0.3) is 0 Å². The van der Waals surface area contributed by atoms with Gasteiger partial charge in [0.25, 0.3) is 0 Å². The molecule has 6 nitrogen and oxygen atoms in total. The Morgan fingerprint density at radius 2 is 1.87 bits per heavy atom. The van der Waals surface area contributed by atoms with E-state index in [0.29, 0.717) is 29.0 Å². The summed E-state index contributed by atoms with van der Waals surface area (Å²) < 4.78 is 5.73. The van der Waals surface area contributed by atoms with Crippen LogP contribution < -0.4 is 15.4 Å². The standard InChI is InChI=1S/C25H26N2O4/c1-15-9-17-10-18-13-25(12-15,14-22(17)18)27-24(30)26-19-5-7-20(8-6-19)31-21-4-2-3-16(11-21)23(28)29/h2-9,11,15,18,22H,10,12-14H2,1H3,(H,28,29)(H2,26,27,30). The maximum Gasteiger partial charge on any atom is 0.335 e. The Morgan fingerprint density at radius 1 is 1.06 bits per heavy atom. The maximum atomic E-state index is 12.8. The minimum absolute atomic E-state index is 0.105. The third kappa shape index (κ3) is 3.90. The lowest BCUT2D eigenvalue weighted by Gasteiger charge is -2.36. The number of carboxylic acids is 1. The zero-order valence-electron chi connectivity index (χ0n) is 17.4. The van der Waals surface area contributed by atoms with Gasteiger partial charge in [0.1, 0.15) is 11.5 Å². The van der Waals surface area contributed by atoms with Crippen molar-refractivity contribution in [3.05, 3.63) is 65.7 Å². The molecule has 5 rings (SSSR count). The van der Waals surface area contributed by atoms with Gasteiger partial charge in [-0.05, 0) is 85.9 Å². The second kappa shape index (κ2) is 7.45. The van der Waals surface area contributed by atoms with E-state index in [2.05, 4.69) is 23.6 Å². The van der Waals surface area contributed by atoms with Crippen molar-refractivity contribution in [3.8, 4) is 11.5 Å². The number of benzene rings is 2. The van der Waals surface area contributed by atoms with E-state index < -0.39 is 5.97 Å². The van der Waals surface area contributed by atoms with E-state index in [0.717, 1.165) is 25.2 Å². The molecule has 0 radical (unpaired) electrons. The fourth-order valence-corrected chi connectivity index (χ4v) is 5.65. The van der Waals surface area contributed by atoms with Gasteiger partial charge in [-0.3, -0.25) is 0 Å². The summed E-state index contributed by atoms with van der Waals surface area (Å²) in [4.78, 5) is 23.8. The highest BCUT2D eigenvalue weighted by atomic mass is 16.5. The number of hydrogen-bond acceptors (Lipinski definition) is 3. The molecule has 2 bridgehead atoms. The number of urea groups is 1. The van der Waals surface area contributed by atoms with Crippen molar-refractivity contribution in [2.45, 2.75) is 38.1 Å². The summed E-state index contributed by atoms with van der Waals surface area (Å²) in [7, 11) is 0. The lowest BCUT2D eigenvalue weighted by Crippen LogP contribution is -2.49. The Hall–Kier alpha value is -3.28. The van der Waals surface area contributed by atoms with Crippen molar-refractivity contribution in [1.82, 2.24) is 5.32 Å². The van der Waals surface area contributed by atoms with Crippen LogP contribution in [0.3, 0.4) is 0 Å². The first-order valence-electron chi connectivity index (χ1n) is 10.8. The molecule has 4 unspecified atom stereocenters. The zero-order valence-corrected chi connectivity index (χ0v) is 17.4. The number of carbonyl (C=O) groups excluding carboxylic acids is 1. The lowest BCUT2D eigenvalue weighted by molar-refractivity contribution is 0.0696. The van der Waals surface area contributed by atoms with Gasteiger partial charge in [0, 0.05) is 11.2 Å². The molecule has 3 N–H and O–H groups in total. The van der Waals surface area contributed by atoms with E-state index in [4.69, 9.17) is 9.84 Å². The van der Waals surface area contributed by atoms with Crippen molar-refractivity contribution < 1.29 is 19.4 Å². The predicted molar refractivity (Wildman–Crippen MR) is 117 cm³/mol. The highest BCUT2D eigenvalue weighted by molar-refractivity contribution is 5.90. The number of fused-ring (bicyclic) bond motifs is 1. The van der Waals surface area contributed by atoms with Crippen LogP contribution in [0, 0.1) is 17.8 Å². The largest absolute Gasteiger partial charge is 0.478 e. The Bertz CT molecular complexity index is 1060. The van der Waals surface area contributed by atoms with Crippen LogP contribution in [0.4, 0.5) is 10.5 Å². The molecule has 4 atom stereocenters. The molecule has 2 fully saturated rings. The smallest absolute Gasteiger partial charge is 0.335 e. The Balaban J connectivity index is 1.21. The zero-order chi connectivity index (χ0) is 21.6. The number of anilines is 1. The number of nitrogens with one attached hydrogen (secondary N) is 2. The van der Waals surface area contributed by atoms with E-state index >= 15 is 0 Å². The van der Waals surface area contributed by atoms with E-state index in [1.165, 1.54) is 18.6 Å². The van der Waals surface area contributed by atoms with Gasteiger partial charge in [-0.1, -0.05) is 24.6 Å². The van der Waals surface area contributed by atoms with Crippen LogP contribution in [-0.4, -0.2) is 22.6 Å². The van der Waals surface area contributed by atoms with Crippen molar-refractivity contribution >= 4 is 17.7 Å². The van der Waals surface area contributed by atoms with E-state index in [9.17, 15) is 9.59 Å². The highest BCUT2D eigenvalue weighted by Crippen LogP contribution is 2.58. The molecule has 0 aliphatic heterocycles. The Morgan fingerprint density at radius 3 is 2.65 bits per heavy atom. The molecule has 31 heavy (non-hydrogen) atoms. The number of carboxylic acid groups (broad SMARTS) is 1. The molecule has 2 aromatic carbocycles. The first-order chi connectivity index (χ1) is 14.9. The number of aromatic carboxylic acids is 1. The fraction of sp³-hybridized carbons (Fsp3) is 0.360. The van der Waals surface area contributed by atoms with Crippen molar-refractivity contribution in [3.63, 3.8) is 0 Å². The number of allylic oxidation sites excluding steroid dienone is 2. The number of ether oxygens (including phenoxy) is 1. The monoisotopic (exact) mass is 418 g/mol. The van der Waals surface area contributed by atoms with Gasteiger partial charge in [0.05, 0.1) is 5.56 Å². The first-order valence-corrected chi connectivity index (χ1v) is 10.8. The molecule has 0 spiro atoms. The van der Waals surface area contributed by atoms with E-state index in [1.54, 1.807) is 42.0 Å². The van der Waals surface area contributed by atoms with E-state index in [1.807, 2.05) is 0 Å². The Kier molecular flexibility index (Phi) is 4.73. The maximum absolute atomic E-state index is 12.8. The van der Waals surface area contributed by atoms with Crippen LogP contribution in [0.5, 0.6) is 11.5 Å². The number of hydrogen-bond donors (Lipinski definition) is 3. The van der Waals surface area contributed by atoms with Crippen LogP contribution >= 0.6 is 0 Å². The normalized spacial score (nSPS) is 28.0. The van der Waals surface area contributed by atoms with Gasteiger partial charge < -0.3 is 20.5 Å². The summed E-state index contributed by atoms with van der Waals surface area (Å²) in [6, 6.07) is 13.2. The summed E-state index contributed by atoms with van der Waals surface area (Å²) in [6.45, 7) is 2.24. The average molecular weight is 418 g/mol. The molecule has 0 aromatic heterocycles. The molecule has 2 saturated carbocycles. The molecular weight excluding hydrogens is 392 g/mol. The molecule has 3 aliphatic rings. The number of amides is 2. The number of rotatable bonds is 5. The molecule has 0 heterocycles. The average Bonchev–Trinajstić information content (AvgIpc) is 2.93. The van der Waals surface area contributed by atoms with Crippen molar-refractivity contribution in [2.75, 3.05) is 5.32 Å². The third-order valence-electron chi connectivity index (χ3n) is 6.83. The van der Waals surface area contributed by atoms with Gasteiger partial charge in [-0.15, -0.1) is 0 Å². The van der Waals surface area contributed by atoms with Gasteiger partial charge >= 0.3 is 12.0 Å². The fourth-order valence-electron chi connectivity index (χ4n) is 5.65. The third-order valence-corrected chi connectivity index (χ3v) is 6.83. The topological polar surface area (TPSA) is 87.7 Å². The first kappa shape index (κ1) is 19.7. The molecule has 3 aliphatic carbocycles. The van der Waals surface area contributed by atoms with Crippen LogP contribution in [0.15, 0.2) is 60.2 Å². The SMILES string of the molecule is CC1C=C2CC3CC(NC(=O)Nc4ccc(Oc5cccc(C(=O)O)c5)cc4)(C1)CC23. The summed E-state index contributed by atoms with van der Waals surface area (Å²) in [6.07, 6.45) is 6.76. The summed E-state index contributed by atoms with van der Waals surface area (Å²) in [5, 5.41) is 15.3. The molecule has 6 heteroatoms. The van der Waals surface area contributed by atoms with Gasteiger partial charge in [-0.25, -0.2) is 9.59 Å². The molecule has 2 amide bonds.